The maximum Gasteiger partial charge on any atom is 0.417 e. The van der Waals surface area contributed by atoms with Gasteiger partial charge in [0.05, 0.1) is 12.6 Å². The van der Waals surface area contributed by atoms with Gasteiger partial charge < -0.3 is 9.16 Å². The molecular formula is C27H37NO4Si. The van der Waals surface area contributed by atoms with Crippen molar-refractivity contribution < 1.29 is 18.8 Å². The van der Waals surface area contributed by atoms with Gasteiger partial charge in [0, 0.05) is 5.92 Å². The fraction of sp³-hybridized carbons (Fsp3) is 0.481. The Labute approximate surface area is 199 Å². The van der Waals surface area contributed by atoms with Gasteiger partial charge in [-0.25, -0.2) is 9.69 Å². The first kappa shape index (κ1) is 25.2. The average Bonchev–Trinajstić information content (AvgIpc) is 3.01. The van der Waals surface area contributed by atoms with Crippen LogP contribution in [0.15, 0.2) is 60.7 Å². The first-order chi connectivity index (χ1) is 15.4. The second-order valence-corrected chi connectivity index (χ2v) is 15.3. The molecule has 1 saturated heterocycles. The minimum Gasteiger partial charge on any atom is -0.443 e. The highest BCUT2D eigenvalue weighted by molar-refractivity contribution is 6.99. The lowest BCUT2D eigenvalue weighted by Gasteiger charge is -2.44. The van der Waals surface area contributed by atoms with E-state index in [4.69, 9.17) is 9.16 Å². The summed E-state index contributed by atoms with van der Waals surface area (Å²) in [5.41, 5.74) is -0.674. The molecule has 0 saturated carbocycles. The van der Waals surface area contributed by atoms with Crippen molar-refractivity contribution in [1.29, 1.82) is 0 Å². The molecule has 2 amide bonds. The number of nitrogens with zero attached hydrogens (tertiary/aromatic N) is 1. The molecule has 5 nitrogen and oxygen atoms in total. The van der Waals surface area contributed by atoms with E-state index >= 15 is 0 Å². The Bertz CT molecular complexity index is 924. The maximum absolute atomic E-state index is 12.9. The molecule has 0 spiro atoms. The molecule has 0 unspecified atom stereocenters. The fourth-order valence-corrected chi connectivity index (χ4v) is 9.31. The molecule has 1 heterocycles. The van der Waals surface area contributed by atoms with E-state index in [9.17, 15) is 9.59 Å². The summed E-state index contributed by atoms with van der Waals surface area (Å²) in [6, 6.07) is 20.4. The Hall–Kier alpha value is -2.44. The zero-order valence-electron chi connectivity index (χ0n) is 20.9. The van der Waals surface area contributed by atoms with Crippen molar-refractivity contribution in [3.8, 4) is 0 Å². The van der Waals surface area contributed by atoms with Gasteiger partial charge in [0.1, 0.15) is 5.60 Å². The smallest absolute Gasteiger partial charge is 0.417 e. The zero-order chi connectivity index (χ0) is 24.4. The van der Waals surface area contributed by atoms with Gasteiger partial charge in [-0.2, -0.15) is 0 Å². The van der Waals surface area contributed by atoms with Crippen molar-refractivity contribution >= 4 is 30.7 Å². The number of carbonyl (C=O) groups excluding carboxylic acids is 2. The topological polar surface area (TPSA) is 55.8 Å². The number of likely N-dealkylation sites (tertiary alicyclic amines) is 1. The van der Waals surface area contributed by atoms with Crippen molar-refractivity contribution in [2.75, 3.05) is 6.61 Å². The Morgan fingerprint density at radius 1 is 0.939 bits per heavy atom. The van der Waals surface area contributed by atoms with Crippen LogP contribution in [0.3, 0.4) is 0 Å². The monoisotopic (exact) mass is 467 g/mol. The fourth-order valence-electron chi connectivity index (χ4n) is 4.71. The van der Waals surface area contributed by atoms with Crippen LogP contribution >= 0.6 is 0 Å². The first-order valence-corrected chi connectivity index (χ1v) is 13.6. The van der Waals surface area contributed by atoms with Gasteiger partial charge in [0.25, 0.3) is 8.32 Å². The van der Waals surface area contributed by atoms with Gasteiger partial charge in [0.15, 0.2) is 0 Å². The summed E-state index contributed by atoms with van der Waals surface area (Å²) in [4.78, 5) is 27.1. The van der Waals surface area contributed by atoms with E-state index in [1.54, 1.807) is 0 Å². The van der Waals surface area contributed by atoms with Crippen molar-refractivity contribution in [3.05, 3.63) is 60.7 Å². The molecule has 178 valence electrons. The SMILES string of the molecule is C[C@@H]1C[C@@H](CO[Si](c2ccccc2)(c2ccccc2)C(C)(C)C)N(C(=O)OC(C)(C)C)C1=O. The van der Waals surface area contributed by atoms with E-state index in [1.165, 1.54) is 15.3 Å². The Morgan fingerprint density at radius 3 is 1.85 bits per heavy atom. The summed E-state index contributed by atoms with van der Waals surface area (Å²) in [5, 5.41) is 2.16. The average molecular weight is 468 g/mol. The maximum atomic E-state index is 12.9. The second kappa shape index (κ2) is 9.43. The second-order valence-electron chi connectivity index (χ2n) is 11.0. The Balaban J connectivity index is 2.00. The zero-order valence-corrected chi connectivity index (χ0v) is 21.9. The molecule has 2 aromatic rings. The lowest BCUT2D eigenvalue weighted by Crippen LogP contribution is -2.67. The minimum atomic E-state index is -2.76. The van der Waals surface area contributed by atoms with Gasteiger partial charge in [-0.15, -0.1) is 0 Å². The van der Waals surface area contributed by atoms with Crippen molar-refractivity contribution in [1.82, 2.24) is 4.90 Å². The van der Waals surface area contributed by atoms with Crippen molar-refractivity contribution in [2.24, 2.45) is 5.92 Å². The number of imide groups is 1. The Kier molecular flexibility index (Phi) is 7.20. The number of hydrogen-bond donors (Lipinski definition) is 0. The van der Waals surface area contributed by atoms with E-state index in [2.05, 4.69) is 45.0 Å². The molecule has 0 radical (unpaired) electrons. The lowest BCUT2D eigenvalue weighted by atomic mass is 10.1. The Morgan fingerprint density at radius 2 is 1.42 bits per heavy atom. The third-order valence-corrected chi connectivity index (χ3v) is 11.2. The summed E-state index contributed by atoms with van der Waals surface area (Å²) in [7, 11) is -2.76. The molecule has 0 aliphatic carbocycles. The van der Waals surface area contributed by atoms with Crippen LogP contribution in [-0.4, -0.2) is 43.5 Å². The number of benzene rings is 2. The van der Waals surface area contributed by atoms with Crippen molar-refractivity contribution in [2.45, 2.75) is 71.6 Å². The van der Waals surface area contributed by atoms with Gasteiger partial charge in [-0.05, 0) is 42.6 Å². The van der Waals surface area contributed by atoms with Crippen LogP contribution < -0.4 is 10.4 Å². The van der Waals surface area contributed by atoms with Crippen LogP contribution in [0, 0.1) is 5.92 Å². The molecule has 0 aromatic heterocycles. The molecule has 1 fully saturated rings. The highest BCUT2D eigenvalue weighted by atomic mass is 28.4. The number of hydrogen-bond acceptors (Lipinski definition) is 4. The molecule has 2 aromatic carbocycles. The summed E-state index contributed by atoms with van der Waals surface area (Å²) in [6.07, 6.45) is -0.0242. The lowest BCUT2D eigenvalue weighted by molar-refractivity contribution is -0.131. The largest absolute Gasteiger partial charge is 0.443 e. The number of rotatable bonds is 5. The van der Waals surface area contributed by atoms with E-state index in [1.807, 2.05) is 64.1 Å². The third-order valence-electron chi connectivity index (χ3n) is 6.15. The quantitative estimate of drug-likeness (QED) is 0.596. The predicted molar refractivity (Wildman–Crippen MR) is 134 cm³/mol. The predicted octanol–water partition coefficient (Wildman–Crippen LogP) is 4.74. The van der Waals surface area contributed by atoms with E-state index < -0.39 is 20.0 Å². The molecule has 0 N–H and O–H groups in total. The summed E-state index contributed by atoms with van der Waals surface area (Å²) in [6.45, 7) is 14.2. The first-order valence-electron chi connectivity index (χ1n) is 11.7. The van der Waals surface area contributed by atoms with Gasteiger partial charge >= 0.3 is 6.09 Å². The highest BCUT2D eigenvalue weighted by Crippen LogP contribution is 2.38. The van der Waals surface area contributed by atoms with Crippen LogP contribution in [0.2, 0.25) is 5.04 Å². The molecule has 1 aliphatic rings. The standard InChI is InChI=1S/C27H37NO4Si/c1-20-18-21(28(24(20)29)25(30)32-26(2,3)4)19-31-33(27(5,6)7,22-14-10-8-11-15-22)23-16-12-9-13-17-23/h8-17,20-21H,18-19H2,1-7H3/t20-,21+/m1/s1. The van der Waals surface area contributed by atoms with Gasteiger partial charge in [-0.3, -0.25) is 4.79 Å². The number of ether oxygens (including phenoxy) is 1. The van der Waals surface area contributed by atoms with Crippen molar-refractivity contribution in [3.63, 3.8) is 0 Å². The summed E-state index contributed by atoms with van der Waals surface area (Å²) < 4.78 is 12.6. The number of amides is 2. The van der Waals surface area contributed by atoms with Crippen LogP contribution in [0.25, 0.3) is 0 Å². The highest BCUT2D eigenvalue weighted by Gasteiger charge is 2.52. The van der Waals surface area contributed by atoms with E-state index in [-0.39, 0.29) is 29.5 Å². The van der Waals surface area contributed by atoms with Crippen LogP contribution in [0.1, 0.15) is 54.9 Å². The van der Waals surface area contributed by atoms with Gasteiger partial charge in [-0.1, -0.05) is 88.4 Å². The molecule has 1 aliphatic heterocycles. The van der Waals surface area contributed by atoms with E-state index in [0.29, 0.717) is 6.42 Å². The minimum absolute atomic E-state index is 0.180. The summed E-state index contributed by atoms with van der Waals surface area (Å²) in [5.74, 6) is -0.439. The van der Waals surface area contributed by atoms with Gasteiger partial charge in [0.2, 0.25) is 5.91 Å². The van der Waals surface area contributed by atoms with Crippen LogP contribution in [0.4, 0.5) is 4.79 Å². The molecular weight excluding hydrogens is 430 g/mol. The third kappa shape index (κ3) is 5.22. The van der Waals surface area contributed by atoms with Crippen LogP contribution in [0.5, 0.6) is 0 Å². The molecule has 6 heteroatoms. The summed E-state index contributed by atoms with van der Waals surface area (Å²) >= 11 is 0. The van der Waals surface area contributed by atoms with E-state index in [0.717, 1.165) is 0 Å². The number of carbonyl (C=O) groups is 2. The normalized spacial score (nSPS) is 19.6. The van der Waals surface area contributed by atoms with Crippen LogP contribution in [-0.2, 0) is 14.0 Å². The molecule has 33 heavy (non-hydrogen) atoms. The molecule has 2 atom stereocenters. The molecule has 3 rings (SSSR count). The molecule has 0 bridgehead atoms.